The topological polar surface area (TPSA) is 42.7 Å². The Morgan fingerprint density at radius 3 is 2.71 bits per heavy atom. The average molecular weight is 247 g/mol. The van der Waals surface area contributed by atoms with Crippen molar-refractivity contribution >= 4 is 5.97 Å². The second kappa shape index (κ2) is 5.77. The van der Waals surface area contributed by atoms with Gasteiger partial charge < -0.3 is 9.15 Å². The minimum Gasteiger partial charge on any atom is -0.463 e. The van der Waals surface area contributed by atoms with Gasteiger partial charge in [0.2, 0.25) is 5.76 Å². The van der Waals surface area contributed by atoms with Crippen molar-refractivity contribution in [1.82, 2.24) is 4.90 Å². The number of nitrogens with zero attached hydrogens (tertiary/aromatic N) is 1. The average Bonchev–Trinajstić information content (AvgIpc) is 2.75. The van der Waals surface area contributed by atoms with Crippen LogP contribution in [0.4, 0.5) is 8.78 Å². The fourth-order valence-electron chi connectivity index (χ4n) is 1.38. The highest BCUT2D eigenvalue weighted by Gasteiger charge is 2.20. The van der Waals surface area contributed by atoms with E-state index in [1.165, 1.54) is 18.1 Å². The molecule has 6 heteroatoms. The lowest BCUT2D eigenvalue weighted by molar-refractivity contribution is 0.0550. The van der Waals surface area contributed by atoms with Crippen LogP contribution < -0.4 is 0 Å². The number of hydrogen-bond donors (Lipinski definition) is 0. The Labute approximate surface area is 98.1 Å². The van der Waals surface area contributed by atoms with Crippen molar-refractivity contribution in [2.24, 2.45) is 0 Å². The molecule has 0 unspecified atom stereocenters. The molecule has 1 aromatic rings. The van der Waals surface area contributed by atoms with E-state index in [1.54, 1.807) is 20.0 Å². The third-order valence-corrected chi connectivity index (χ3v) is 2.51. The van der Waals surface area contributed by atoms with Gasteiger partial charge in [-0.05, 0) is 26.1 Å². The van der Waals surface area contributed by atoms with Gasteiger partial charge in [0.1, 0.15) is 5.76 Å². The van der Waals surface area contributed by atoms with Crippen LogP contribution in [0.3, 0.4) is 0 Å². The summed E-state index contributed by atoms with van der Waals surface area (Å²) in [4.78, 5) is 12.6. The third kappa shape index (κ3) is 3.52. The lowest BCUT2D eigenvalue weighted by atomic mass is 10.2. The molecule has 96 valence electrons. The van der Waals surface area contributed by atoms with Crippen molar-refractivity contribution in [3.63, 3.8) is 0 Å². The SMILES string of the molecule is COC(=O)c1ccc([C@H](C)N(C)CC(F)F)o1. The summed E-state index contributed by atoms with van der Waals surface area (Å²) in [7, 11) is 2.81. The van der Waals surface area contributed by atoms with Crippen LogP contribution in [0.1, 0.15) is 29.3 Å². The molecule has 0 aromatic carbocycles. The van der Waals surface area contributed by atoms with E-state index in [1.807, 2.05) is 0 Å². The zero-order valence-electron chi connectivity index (χ0n) is 9.94. The van der Waals surface area contributed by atoms with E-state index in [0.717, 1.165) is 0 Å². The molecule has 1 aromatic heterocycles. The quantitative estimate of drug-likeness (QED) is 0.749. The van der Waals surface area contributed by atoms with Gasteiger partial charge in [-0.1, -0.05) is 0 Å². The largest absolute Gasteiger partial charge is 0.463 e. The standard InChI is InChI=1S/C11H15F2NO3/c1-7(14(2)6-10(12)13)8-4-5-9(17-8)11(15)16-3/h4-5,7,10H,6H2,1-3H3/t7-/m0/s1. The molecule has 0 bridgehead atoms. The molecule has 0 fully saturated rings. The minimum absolute atomic E-state index is 0.0693. The first-order chi connectivity index (χ1) is 7.95. The second-order valence-electron chi connectivity index (χ2n) is 3.70. The Kier molecular flexibility index (Phi) is 4.62. The zero-order chi connectivity index (χ0) is 13.0. The molecule has 0 amide bonds. The predicted octanol–water partition coefficient (Wildman–Crippen LogP) is 2.32. The number of halogens is 2. The zero-order valence-corrected chi connectivity index (χ0v) is 9.94. The predicted molar refractivity (Wildman–Crippen MR) is 57.1 cm³/mol. The summed E-state index contributed by atoms with van der Waals surface area (Å²) >= 11 is 0. The van der Waals surface area contributed by atoms with Crippen LogP contribution in [0.25, 0.3) is 0 Å². The number of carbonyl (C=O) groups is 1. The molecule has 17 heavy (non-hydrogen) atoms. The van der Waals surface area contributed by atoms with Crippen molar-refractivity contribution in [1.29, 1.82) is 0 Å². The van der Waals surface area contributed by atoms with Crippen molar-refractivity contribution in [3.8, 4) is 0 Å². The third-order valence-electron chi connectivity index (χ3n) is 2.51. The maximum atomic E-state index is 12.2. The Bertz CT molecular complexity index is 379. The number of ether oxygens (including phenoxy) is 1. The summed E-state index contributed by atoms with van der Waals surface area (Å²) < 4.78 is 34.1. The molecule has 0 saturated carbocycles. The number of rotatable bonds is 5. The maximum Gasteiger partial charge on any atom is 0.373 e. The Morgan fingerprint density at radius 2 is 2.18 bits per heavy atom. The van der Waals surface area contributed by atoms with Gasteiger partial charge in [0.05, 0.1) is 19.7 Å². The first kappa shape index (κ1) is 13.6. The lowest BCUT2D eigenvalue weighted by Gasteiger charge is -2.22. The van der Waals surface area contributed by atoms with E-state index in [-0.39, 0.29) is 18.3 Å². The molecule has 0 aliphatic heterocycles. The van der Waals surface area contributed by atoms with Crippen LogP contribution in [-0.2, 0) is 4.74 Å². The molecule has 1 heterocycles. The lowest BCUT2D eigenvalue weighted by Crippen LogP contribution is -2.27. The number of methoxy groups -OCH3 is 1. The Morgan fingerprint density at radius 1 is 1.53 bits per heavy atom. The number of hydrogen-bond acceptors (Lipinski definition) is 4. The van der Waals surface area contributed by atoms with Gasteiger partial charge in [-0.2, -0.15) is 0 Å². The van der Waals surface area contributed by atoms with Gasteiger partial charge in [-0.15, -0.1) is 0 Å². The summed E-state index contributed by atoms with van der Waals surface area (Å²) in [5.41, 5.74) is 0. The highest BCUT2D eigenvalue weighted by Crippen LogP contribution is 2.22. The van der Waals surface area contributed by atoms with Gasteiger partial charge in [0, 0.05) is 0 Å². The summed E-state index contributed by atoms with van der Waals surface area (Å²) in [6.07, 6.45) is -2.41. The molecule has 0 spiro atoms. The Hall–Kier alpha value is -1.43. The van der Waals surface area contributed by atoms with Crippen LogP contribution in [0, 0.1) is 0 Å². The molecule has 1 rings (SSSR count). The maximum absolute atomic E-state index is 12.2. The fourth-order valence-corrected chi connectivity index (χ4v) is 1.38. The smallest absolute Gasteiger partial charge is 0.373 e. The molecule has 1 atom stereocenters. The van der Waals surface area contributed by atoms with E-state index >= 15 is 0 Å². The van der Waals surface area contributed by atoms with Gasteiger partial charge in [-0.25, -0.2) is 13.6 Å². The van der Waals surface area contributed by atoms with Crippen LogP contribution in [0.5, 0.6) is 0 Å². The minimum atomic E-state index is -2.41. The van der Waals surface area contributed by atoms with E-state index in [2.05, 4.69) is 4.74 Å². The highest BCUT2D eigenvalue weighted by atomic mass is 19.3. The monoisotopic (exact) mass is 247 g/mol. The summed E-state index contributed by atoms with van der Waals surface area (Å²) in [6, 6.07) is 2.72. The van der Waals surface area contributed by atoms with Gasteiger partial charge >= 0.3 is 5.97 Å². The molecule has 4 nitrogen and oxygen atoms in total. The van der Waals surface area contributed by atoms with Gasteiger partial charge in [0.25, 0.3) is 6.43 Å². The first-order valence-corrected chi connectivity index (χ1v) is 5.12. The van der Waals surface area contributed by atoms with E-state index in [4.69, 9.17) is 4.42 Å². The van der Waals surface area contributed by atoms with E-state index < -0.39 is 12.4 Å². The van der Waals surface area contributed by atoms with Gasteiger partial charge in [0.15, 0.2) is 0 Å². The molecule has 0 N–H and O–H groups in total. The fraction of sp³-hybridized carbons (Fsp3) is 0.545. The first-order valence-electron chi connectivity index (χ1n) is 5.12. The molecule has 0 aliphatic rings. The van der Waals surface area contributed by atoms with E-state index in [0.29, 0.717) is 5.76 Å². The van der Waals surface area contributed by atoms with Gasteiger partial charge in [-0.3, -0.25) is 4.90 Å². The Balaban J connectivity index is 2.72. The molecule has 0 aliphatic carbocycles. The number of esters is 1. The van der Waals surface area contributed by atoms with Crippen LogP contribution in [-0.4, -0.2) is 38.0 Å². The second-order valence-corrected chi connectivity index (χ2v) is 3.70. The number of carbonyl (C=O) groups excluding carboxylic acids is 1. The summed E-state index contributed by atoms with van der Waals surface area (Å²) in [6.45, 7) is 1.37. The molecular weight excluding hydrogens is 232 g/mol. The molecule has 0 saturated heterocycles. The van der Waals surface area contributed by atoms with Crippen molar-refractivity contribution in [2.75, 3.05) is 20.7 Å². The van der Waals surface area contributed by atoms with E-state index in [9.17, 15) is 13.6 Å². The van der Waals surface area contributed by atoms with Crippen LogP contribution in [0.2, 0.25) is 0 Å². The molecular formula is C11H15F2NO3. The van der Waals surface area contributed by atoms with Crippen LogP contribution in [0.15, 0.2) is 16.5 Å². The summed E-state index contributed by atoms with van der Waals surface area (Å²) in [5.74, 6) is -0.0618. The highest BCUT2D eigenvalue weighted by molar-refractivity contribution is 5.86. The summed E-state index contributed by atoms with van der Waals surface area (Å²) in [5, 5.41) is 0. The number of furan rings is 1. The molecule has 0 radical (unpaired) electrons. The number of alkyl halides is 2. The van der Waals surface area contributed by atoms with Crippen molar-refractivity contribution in [2.45, 2.75) is 19.4 Å². The van der Waals surface area contributed by atoms with Crippen molar-refractivity contribution in [3.05, 3.63) is 23.7 Å². The van der Waals surface area contributed by atoms with Crippen molar-refractivity contribution < 1.29 is 22.7 Å². The van der Waals surface area contributed by atoms with Crippen LogP contribution >= 0.6 is 0 Å². The normalized spacial score (nSPS) is 13.1.